The Labute approximate surface area is 74.2 Å². The van der Waals surface area contributed by atoms with Crippen LogP contribution < -0.4 is 0 Å². The summed E-state index contributed by atoms with van der Waals surface area (Å²) in [6, 6.07) is 0. The predicted octanol–water partition coefficient (Wildman–Crippen LogP) is 0.854. The fourth-order valence-corrected chi connectivity index (χ4v) is 1.83. The van der Waals surface area contributed by atoms with Gasteiger partial charge < -0.3 is 10.0 Å². The normalized spacial score (nSPS) is 23.9. The van der Waals surface area contributed by atoms with Crippen molar-refractivity contribution in [2.75, 3.05) is 0 Å². The van der Waals surface area contributed by atoms with Crippen molar-refractivity contribution >= 4 is 23.6 Å². The van der Waals surface area contributed by atoms with Gasteiger partial charge >= 0.3 is 0 Å². The Morgan fingerprint density at radius 3 is 2.75 bits per heavy atom. The Balaban J connectivity index is 0.000000157. The maximum atomic E-state index is 10.6. The zero-order valence-electron chi connectivity index (χ0n) is 6.56. The molecule has 5 heteroatoms. The molecule has 0 saturated carbocycles. The van der Waals surface area contributed by atoms with Crippen LogP contribution in [0.25, 0.3) is 0 Å². The number of aliphatic carboxylic acids is 1. The van der Waals surface area contributed by atoms with Gasteiger partial charge in [0, 0.05) is 13.1 Å². The summed E-state index contributed by atoms with van der Waals surface area (Å²) in [7, 11) is 0. The smallest absolute Gasteiger partial charge is 0.300 e. The highest BCUT2D eigenvalue weighted by atomic mass is 32.2. The van der Waals surface area contributed by atoms with Crippen LogP contribution in [0, 0.1) is 0 Å². The third kappa shape index (κ3) is 2.01. The van der Waals surface area contributed by atoms with E-state index in [0.717, 1.165) is 13.3 Å². The van der Waals surface area contributed by atoms with Gasteiger partial charge in [0.2, 0.25) is 5.91 Å². The Morgan fingerprint density at radius 1 is 1.83 bits per heavy atom. The number of amides is 1. The second-order valence-corrected chi connectivity index (χ2v) is 3.49. The van der Waals surface area contributed by atoms with Crippen LogP contribution in [-0.2, 0) is 9.59 Å². The molecule has 12 heavy (non-hydrogen) atoms. The van der Waals surface area contributed by atoms with Gasteiger partial charge in [0.1, 0.15) is 0 Å². The fourth-order valence-electron chi connectivity index (χ4n) is 0.886. The lowest BCUT2D eigenvalue weighted by Crippen LogP contribution is -2.44. The van der Waals surface area contributed by atoms with Crippen molar-refractivity contribution in [3.05, 3.63) is 11.6 Å². The molecule has 0 spiro atoms. The van der Waals surface area contributed by atoms with Gasteiger partial charge in [0.25, 0.3) is 5.97 Å². The molecule has 1 amide bonds. The van der Waals surface area contributed by atoms with E-state index in [1.807, 2.05) is 11.6 Å². The minimum absolute atomic E-state index is 0.260. The summed E-state index contributed by atoms with van der Waals surface area (Å²) in [5.74, 6) is -0.573. The van der Waals surface area contributed by atoms with Crippen LogP contribution in [0.15, 0.2) is 11.6 Å². The number of carboxylic acids is 1. The maximum Gasteiger partial charge on any atom is 0.300 e. The van der Waals surface area contributed by atoms with Gasteiger partial charge in [-0.1, -0.05) is 0 Å². The number of carboxylic acid groups (broad SMARTS) is 1. The highest BCUT2D eigenvalue weighted by Crippen LogP contribution is 2.35. The van der Waals surface area contributed by atoms with E-state index in [9.17, 15) is 4.79 Å². The van der Waals surface area contributed by atoms with Gasteiger partial charge in [-0.2, -0.15) is 0 Å². The molecule has 1 atom stereocenters. The summed E-state index contributed by atoms with van der Waals surface area (Å²) < 4.78 is 0. The first kappa shape index (κ1) is 9.12. The number of carbonyl (C=O) groups is 2. The molecule has 66 valence electrons. The topological polar surface area (TPSA) is 57.6 Å². The molecule has 0 unspecified atom stereocenters. The molecule has 0 bridgehead atoms. The monoisotopic (exact) mass is 187 g/mol. The van der Waals surface area contributed by atoms with Crippen LogP contribution in [0.3, 0.4) is 0 Å². The number of fused-ring (bicyclic) bond motifs is 1. The van der Waals surface area contributed by atoms with E-state index >= 15 is 0 Å². The van der Waals surface area contributed by atoms with E-state index in [0.29, 0.717) is 5.37 Å². The Hall–Kier alpha value is -0.970. The Morgan fingerprint density at radius 2 is 2.42 bits per heavy atom. The van der Waals surface area contributed by atoms with Crippen LogP contribution in [0.5, 0.6) is 0 Å². The van der Waals surface area contributed by atoms with Crippen molar-refractivity contribution in [2.24, 2.45) is 0 Å². The third-order valence-electron chi connectivity index (χ3n) is 1.40. The zero-order chi connectivity index (χ0) is 9.14. The molecule has 2 aliphatic heterocycles. The van der Waals surface area contributed by atoms with Crippen molar-refractivity contribution in [2.45, 2.75) is 18.7 Å². The number of β-lactam (4-membered cyclic amide) rings is 1. The molecule has 4 nitrogen and oxygen atoms in total. The van der Waals surface area contributed by atoms with Crippen LogP contribution in [0.4, 0.5) is 0 Å². The van der Waals surface area contributed by atoms with Gasteiger partial charge in [-0.3, -0.25) is 9.59 Å². The van der Waals surface area contributed by atoms with Crippen LogP contribution in [0.2, 0.25) is 0 Å². The number of thioether (sulfide) groups is 1. The van der Waals surface area contributed by atoms with Crippen LogP contribution >= 0.6 is 11.8 Å². The van der Waals surface area contributed by atoms with E-state index in [1.165, 1.54) is 0 Å². The van der Waals surface area contributed by atoms with Gasteiger partial charge in [-0.05, 0) is 5.41 Å². The molecule has 2 heterocycles. The van der Waals surface area contributed by atoms with Crippen molar-refractivity contribution in [3.8, 4) is 0 Å². The average molecular weight is 187 g/mol. The standard InChI is InChI=1S/C5H5NOS.C2H4O2/c7-4-3-5-6(4)1-2-8-5;1-2(3)4/h1-2,5H,3H2;1H3,(H,3,4)/t5-;/m1./s1. The molecule has 1 fully saturated rings. The highest BCUT2D eigenvalue weighted by Gasteiger charge is 2.36. The summed E-state index contributed by atoms with van der Waals surface area (Å²) >= 11 is 1.72. The molecule has 0 aromatic rings. The van der Waals surface area contributed by atoms with Crippen LogP contribution in [0.1, 0.15) is 13.3 Å². The first-order valence-electron chi connectivity index (χ1n) is 3.44. The quantitative estimate of drug-likeness (QED) is 0.571. The number of rotatable bonds is 0. The third-order valence-corrected chi connectivity index (χ3v) is 2.39. The molecule has 1 N–H and O–H groups in total. The lowest BCUT2D eigenvalue weighted by Gasteiger charge is -2.31. The SMILES string of the molecule is CC(=O)O.O=C1C[C@H]2SC=CN12. The summed E-state index contributed by atoms with van der Waals surface area (Å²) in [6.07, 6.45) is 2.58. The molecular weight excluding hydrogens is 178 g/mol. The molecule has 0 aliphatic carbocycles. The van der Waals surface area contributed by atoms with E-state index in [-0.39, 0.29) is 5.91 Å². The largest absolute Gasteiger partial charge is 0.481 e. The number of carbonyl (C=O) groups excluding carboxylic acids is 1. The second-order valence-electron chi connectivity index (χ2n) is 2.40. The molecule has 1 saturated heterocycles. The van der Waals surface area contributed by atoms with Crippen LogP contribution in [-0.4, -0.2) is 27.3 Å². The number of hydrogen-bond donors (Lipinski definition) is 1. The van der Waals surface area contributed by atoms with Crippen molar-refractivity contribution in [1.29, 1.82) is 0 Å². The number of hydrogen-bond acceptors (Lipinski definition) is 3. The van der Waals surface area contributed by atoms with E-state index < -0.39 is 5.97 Å². The van der Waals surface area contributed by atoms with Crippen molar-refractivity contribution < 1.29 is 14.7 Å². The fraction of sp³-hybridized carbons (Fsp3) is 0.429. The minimum atomic E-state index is -0.833. The van der Waals surface area contributed by atoms with Gasteiger partial charge in [0.05, 0.1) is 11.8 Å². The van der Waals surface area contributed by atoms with Gasteiger partial charge in [0.15, 0.2) is 0 Å². The lowest BCUT2D eigenvalue weighted by molar-refractivity contribution is -0.137. The van der Waals surface area contributed by atoms with Crippen molar-refractivity contribution in [3.63, 3.8) is 0 Å². The Kier molecular flexibility index (Phi) is 2.75. The Bertz CT molecular complexity index is 235. The molecule has 0 radical (unpaired) electrons. The minimum Gasteiger partial charge on any atom is -0.481 e. The van der Waals surface area contributed by atoms with Crippen molar-refractivity contribution in [1.82, 2.24) is 4.90 Å². The van der Waals surface area contributed by atoms with E-state index in [1.54, 1.807) is 16.7 Å². The second kappa shape index (κ2) is 3.62. The summed E-state index contributed by atoms with van der Waals surface area (Å²) in [5, 5.41) is 9.85. The lowest BCUT2D eigenvalue weighted by atomic mass is 10.2. The summed E-state index contributed by atoms with van der Waals surface area (Å²) in [6.45, 7) is 1.08. The first-order valence-corrected chi connectivity index (χ1v) is 4.38. The molecule has 2 rings (SSSR count). The summed E-state index contributed by atoms with van der Waals surface area (Å²) in [4.78, 5) is 21.3. The molecular formula is C7H9NO3S. The predicted molar refractivity (Wildman–Crippen MR) is 45.3 cm³/mol. The molecule has 0 aromatic carbocycles. The first-order chi connectivity index (χ1) is 5.61. The van der Waals surface area contributed by atoms with E-state index in [4.69, 9.17) is 9.90 Å². The number of nitrogens with zero attached hydrogens (tertiary/aromatic N) is 1. The highest BCUT2D eigenvalue weighted by molar-refractivity contribution is 8.03. The summed E-state index contributed by atoms with van der Waals surface area (Å²) in [5.41, 5.74) is 0. The molecule has 2 aliphatic rings. The van der Waals surface area contributed by atoms with Gasteiger partial charge in [-0.15, -0.1) is 11.8 Å². The maximum absolute atomic E-state index is 10.6. The zero-order valence-corrected chi connectivity index (χ0v) is 7.37. The van der Waals surface area contributed by atoms with Gasteiger partial charge in [-0.25, -0.2) is 0 Å². The van der Waals surface area contributed by atoms with E-state index in [2.05, 4.69) is 0 Å². The average Bonchev–Trinajstić information content (AvgIpc) is 2.28. The molecule has 0 aromatic heterocycles.